The molecule has 21 heavy (non-hydrogen) atoms. The van der Waals surface area contributed by atoms with Gasteiger partial charge in [0.25, 0.3) is 11.7 Å². The van der Waals surface area contributed by atoms with E-state index in [9.17, 15) is 9.59 Å². The quantitative estimate of drug-likeness (QED) is 0.645. The summed E-state index contributed by atoms with van der Waals surface area (Å²) in [6.07, 6.45) is 2.92. The first-order valence-corrected chi connectivity index (χ1v) is 6.63. The lowest BCUT2D eigenvalue weighted by Crippen LogP contribution is -2.23. The third kappa shape index (κ3) is 3.35. The third-order valence-corrected chi connectivity index (χ3v) is 3.16. The van der Waals surface area contributed by atoms with Gasteiger partial charge in [-0.15, -0.1) is 0 Å². The first-order valence-electron chi connectivity index (χ1n) is 6.63. The zero-order chi connectivity index (χ0) is 15.4. The summed E-state index contributed by atoms with van der Waals surface area (Å²) in [7, 11) is 0. The molecule has 0 saturated carbocycles. The maximum atomic E-state index is 12.0. The molecular formula is C15H17N3O3. The van der Waals surface area contributed by atoms with Gasteiger partial charge in [-0.2, -0.15) is 5.10 Å². The largest absolute Gasteiger partial charge is 0.392 e. The Morgan fingerprint density at radius 2 is 2.14 bits per heavy atom. The first kappa shape index (κ1) is 14.9. The standard InChI is InChI=1S/C15H17N3O3/c1-3-18-8-12(7-16-18)14(20)15(21)17-13-6-11(9-19)5-4-10(13)2/h4-8,19H,3,9H2,1-2H3,(H,17,21). The molecule has 6 heteroatoms. The van der Waals surface area contributed by atoms with Gasteiger partial charge in [0, 0.05) is 18.4 Å². The molecule has 0 aliphatic rings. The average molecular weight is 287 g/mol. The highest BCUT2D eigenvalue weighted by molar-refractivity contribution is 6.46. The zero-order valence-corrected chi connectivity index (χ0v) is 12.0. The van der Waals surface area contributed by atoms with Crippen LogP contribution in [0.25, 0.3) is 0 Å². The van der Waals surface area contributed by atoms with E-state index < -0.39 is 11.7 Å². The van der Waals surface area contributed by atoms with Gasteiger partial charge in [-0.25, -0.2) is 0 Å². The van der Waals surface area contributed by atoms with Crippen molar-refractivity contribution in [3.05, 3.63) is 47.3 Å². The van der Waals surface area contributed by atoms with Crippen LogP contribution in [0.2, 0.25) is 0 Å². The number of aromatic nitrogens is 2. The predicted octanol–water partition coefficient (Wildman–Crippen LogP) is 1.53. The van der Waals surface area contributed by atoms with E-state index >= 15 is 0 Å². The number of ketones is 1. The van der Waals surface area contributed by atoms with E-state index in [-0.39, 0.29) is 12.2 Å². The van der Waals surface area contributed by atoms with E-state index in [1.807, 2.05) is 13.8 Å². The number of aryl methyl sites for hydroxylation is 2. The van der Waals surface area contributed by atoms with Crippen molar-refractivity contribution in [2.24, 2.45) is 0 Å². The van der Waals surface area contributed by atoms with E-state index in [0.29, 0.717) is 17.8 Å². The molecule has 0 spiro atoms. The molecular weight excluding hydrogens is 270 g/mol. The van der Waals surface area contributed by atoms with Crippen molar-refractivity contribution in [1.29, 1.82) is 0 Å². The second-order valence-electron chi connectivity index (χ2n) is 4.68. The number of benzene rings is 1. The van der Waals surface area contributed by atoms with Crippen LogP contribution in [0.5, 0.6) is 0 Å². The summed E-state index contributed by atoms with van der Waals surface area (Å²) in [6, 6.07) is 5.19. The number of hydrogen-bond acceptors (Lipinski definition) is 4. The summed E-state index contributed by atoms with van der Waals surface area (Å²) in [6.45, 7) is 4.22. The van der Waals surface area contributed by atoms with Crippen LogP contribution in [0.3, 0.4) is 0 Å². The number of carbonyl (C=O) groups is 2. The van der Waals surface area contributed by atoms with Gasteiger partial charge in [-0.05, 0) is 31.0 Å². The summed E-state index contributed by atoms with van der Waals surface area (Å²) in [5.41, 5.74) is 2.26. The van der Waals surface area contributed by atoms with E-state index in [1.54, 1.807) is 29.1 Å². The molecule has 2 N–H and O–H groups in total. The fraction of sp³-hybridized carbons (Fsp3) is 0.267. The van der Waals surface area contributed by atoms with Crippen molar-refractivity contribution < 1.29 is 14.7 Å². The fourth-order valence-electron chi connectivity index (χ4n) is 1.87. The number of rotatable bonds is 5. The number of Topliss-reactive ketones (excluding diaryl/α,β-unsaturated/α-hetero) is 1. The highest BCUT2D eigenvalue weighted by atomic mass is 16.3. The van der Waals surface area contributed by atoms with Gasteiger partial charge in [0.1, 0.15) is 0 Å². The van der Waals surface area contributed by atoms with Gasteiger partial charge in [-0.1, -0.05) is 12.1 Å². The van der Waals surface area contributed by atoms with Crippen molar-refractivity contribution in [2.45, 2.75) is 27.0 Å². The van der Waals surface area contributed by atoms with E-state index in [1.165, 1.54) is 6.20 Å². The SMILES string of the molecule is CCn1cc(C(=O)C(=O)Nc2cc(CO)ccc2C)cn1. The van der Waals surface area contributed by atoms with Crippen LogP contribution < -0.4 is 5.32 Å². The van der Waals surface area contributed by atoms with E-state index in [4.69, 9.17) is 5.11 Å². The lowest BCUT2D eigenvalue weighted by atomic mass is 10.1. The minimum Gasteiger partial charge on any atom is -0.392 e. The summed E-state index contributed by atoms with van der Waals surface area (Å²) in [4.78, 5) is 24.0. The van der Waals surface area contributed by atoms with Gasteiger partial charge in [-0.3, -0.25) is 14.3 Å². The molecule has 0 atom stereocenters. The molecule has 1 amide bonds. The maximum Gasteiger partial charge on any atom is 0.296 e. The lowest BCUT2D eigenvalue weighted by molar-refractivity contribution is -0.112. The molecule has 0 unspecified atom stereocenters. The fourth-order valence-corrected chi connectivity index (χ4v) is 1.87. The van der Waals surface area contributed by atoms with Crippen LogP contribution in [-0.4, -0.2) is 26.6 Å². The van der Waals surface area contributed by atoms with Crippen LogP contribution in [0, 0.1) is 6.92 Å². The van der Waals surface area contributed by atoms with Crippen molar-refractivity contribution in [1.82, 2.24) is 9.78 Å². The predicted molar refractivity (Wildman–Crippen MR) is 78.0 cm³/mol. The zero-order valence-electron chi connectivity index (χ0n) is 12.0. The van der Waals surface area contributed by atoms with E-state index in [2.05, 4.69) is 10.4 Å². The molecule has 110 valence electrons. The van der Waals surface area contributed by atoms with Crippen molar-refractivity contribution in [3.63, 3.8) is 0 Å². The van der Waals surface area contributed by atoms with Crippen LogP contribution in [-0.2, 0) is 17.9 Å². The Morgan fingerprint density at radius 3 is 2.76 bits per heavy atom. The summed E-state index contributed by atoms with van der Waals surface area (Å²) >= 11 is 0. The minimum atomic E-state index is -0.719. The molecule has 2 rings (SSSR count). The van der Waals surface area contributed by atoms with E-state index in [0.717, 1.165) is 5.56 Å². The van der Waals surface area contributed by atoms with Gasteiger partial charge in [0.05, 0.1) is 18.4 Å². The number of aliphatic hydroxyl groups excluding tert-OH is 1. The van der Waals surface area contributed by atoms with Crippen LogP contribution in [0.15, 0.2) is 30.6 Å². The van der Waals surface area contributed by atoms with Crippen molar-refractivity contribution in [2.75, 3.05) is 5.32 Å². The molecule has 0 radical (unpaired) electrons. The molecule has 0 saturated heterocycles. The summed E-state index contributed by atoms with van der Waals surface area (Å²) < 4.78 is 1.58. The van der Waals surface area contributed by atoms with Crippen LogP contribution in [0.4, 0.5) is 5.69 Å². The normalized spacial score (nSPS) is 10.4. The average Bonchev–Trinajstić information content (AvgIpc) is 2.97. The molecule has 0 fully saturated rings. The van der Waals surface area contributed by atoms with Crippen molar-refractivity contribution >= 4 is 17.4 Å². The Bertz CT molecular complexity index is 677. The molecule has 0 aliphatic carbocycles. The number of hydrogen-bond donors (Lipinski definition) is 2. The number of amides is 1. The first-order chi connectivity index (χ1) is 10.0. The summed E-state index contributed by atoms with van der Waals surface area (Å²) in [5.74, 6) is -1.35. The smallest absolute Gasteiger partial charge is 0.296 e. The van der Waals surface area contributed by atoms with Gasteiger partial charge >= 0.3 is 0 Å². The second-order valence-corrected chi connectivity index (χ2v) is 4.68. The van der Waals surface area contributed by atoms with Gasteiger partial charge in [0.2, 0.25) is 0 Å². The summed E-state index contributed by atoms with van der Waals surface area (Å²) in [5, 5.41) is 15.7. The molecule has 1 aromatic carbocycles. The minimum absolute atomic E-state index is 0.125. The third-order valence-electron chi connectivity index (χ3n) is 3.16. The molecule has 0 bridgehead atoms. The Balaban J connectivity index is 2.15. The Labute approximate surface area is 122 Å². The maximum absolute atomic E-state index is 12.0. The van der Waals surface area contributed by atoms with Gasteiger partial charge < -0.3 is 10.4 Å². The molecule has 1 aromatic heterocycles. The number of aliphatic hydroxyl groups is 1. The second kappa shape index (κ2) is 6.32. The topological polar surface area (TPSA) is 84.2 Å². The van der Waals surface area contributed by atoms with Crippen molar-refractivity contribution in [3.8, 4) is 0 Å². The lowest BCUT2D eigenvalue weighted by Gasteiger charge is -2.08. The highest BCUT2D eigenvalue weighted by Gasteiger charge is 2.18. The molecule has 2 aromatic rings. The van der Waals surface area contributed by atoms with Gasteiger partial charge in [0.15, 0.2) is 0 Å². The molecule has 0 aliphatic heterocycles. The molecule has 6 nitrogen and oxygen atoms in total. The highest BCUT2D eigenvalue weighted by Crippen LogP contribution is 2.17. The Hall–Kier alpha value is -2.47. The number of carbonyl (C=O) groups excluding carboxylic acids is 2. The monoisotopic (exact) mass is 287 g/mol. The van der Waals surface area contributed by atoms with Crippen LogP contribution >= 0.6 is 0 Å². The number of nitrogens with one attached hydrogen (secondary N) is 1. The Kier molecular flexibility index (Phi) is 4.49. The van der Waals surface area contributed by atoms with Crippen LogP contribution in [0.1, 0.15) is 28.4 Å². The Morgan fingerprint density at radius 1 is 1.38 bits per heavy atom. The number of nitrogens with zero attached hydrogens (tertiary/aromatic N) is 2. The number of anilines is 1. The molecule has 1 heterocycles.